The molecule has 0 spiro atoms. The van der Waals surface area contributed by atoms with Crippen LogP contribution in [-0.2, 0) is 9.53 Å². The van der Waals surface area contributed by atoms with Crippen molar-refractivity contribution < 1.29 is 9.53 Å². The Balaban J connectivity index is 3.22. The molecule has 0 aliphatic rings. The highest BCUT2D eigenvalue weighted by Crippen LogP contribution is 2.10. The van der Waals surface area contributed by atoms with Crippen molar-refractivity contribution in [1.29, 1.82) is 0 Å². The third kappa shape index (κ3) is 27.1. The van der Waals surface area contributed by atoms with E-state index in [0.717, 1.165) is 25.9 Å². The molecule has 0 saturated carbocycles. The van der Waals surface area contributed by atoms with Crippen molar-refractivity contribution in [2.24, 2.45) is 0 Å². The van der Waals surface area contributed by atoms with E-state index >= 15 is 0 Å². The maximum Gasteiger partial charge on any atom is 0.158 e. The second-order valence-corrected chi connectivity index (χ2v) is 9.05. The molecule has 0 rings (SSSR count). The molecule has 2 heteroatoms. The maximum atomic E-state index is 11.8. The quantitative estimate of drug-likeness (QED) is 0.106. The molecule has 182 valence electrons. The fraction of sp³-hybridized carbons (Fsp3) is 0.828. The molecular formula is C29H54O2. The molecule has 0 unspecified atom stereocenters. The summed E-state index contributed by atoms with van der Waals surface area (Å²) in [4.78, 5) is 11.8. The van der Waals surface area contributed by atoms with Gasteiger partial charge < -0.3 is 4.74 Å². The molecule has 0 fully saturated rings. The number of carbonyl (C=O) groups excluding carboxylic acids is 1. The van der Waals surface area contributed by atoms with Crippen molar-refractivity contribution in [3.8, 4) is 0 Å². The summed E-state index contributed by atoms with van der Waals surface area (Å²) in [7, 11) is 0. The monoisotopic (exact) mass is 434 g/mol. The Bertz CT molecular complexity index is 411. The Morgan fingerprint density at radius 3 is 1.71 bits per heavy atom. The van der Waals surface area contributed by atoms with Gasteiger partial charge in [-0.1, -0.05) is 115 Å². The van der Waals surface area contributed by atoms with Crippen LogP contribution in [0.5, 0.6) is 0 Å². The molecular weight excluding hydrogens is 380 g/mol. The van der Waals surface area contributed by atoms with E-state index < -0.39 is 0 Å². The Labute approximate surface area is 195 Å². The van der Waals surface area contributed by atoms with E-state index in [0.29, 0.717) is 13.0 Å². The van der Waals surface area contributed by atoms with E-state index in [1.807, 2.05) is 0 Å². The minimum absolute atomic E-state index is 0.286. The maximum absolute atomic E-state index is 11.8. The number of Topliss-reactive ketones (excluding diaryl/α,β-unsaturated/α-hetero) is 1. The first-order chi connectivity index (χ1) is 15.3. The average Bonchev–Trinajstić information content (AvgIpc) is 2.77. The van der Waals surface area contributed by atoms with E-state index in [1.54, 1.807) is 0 Å². The minimum atomic E-state index is 0.286. The predicted molar refractivity (Wildman–Crippen MR) is 138 cm³/mol. The van der Waals surface area contributed by atoms with Gasteiger partial charge in [0, 0.05) is 13.0 Å². The van der Waals surface area contributed by atoms with E-state index in [2.05, 4.69) is 38.2 Å². The lowest BCUT2D eigenvalue weighted by molar-refractivity contribution is -0.123. The second kappa shape index (κ2) is 27.1. The summed E-state index contributed by atoms with van der Waals surface area (Å²) in [6.45, 7) is 5.58. The van der Waals surface area contributed by atoms with E-state index in [1.165, 1.54) is 103 Å². The van der Waals surface area contributed by atoms with Crippen LogP contribution >= 0.6 is 0 Å². The zero-order valence-electron chi connectivity index (χ0n) is 21.2. The molecule has 0 radical (unpaired) electrons. The molecule has 0 aromatic carbocycles. The minimum Gasteiger partial charge on any atom is -0.374 e. The zero-order valence-corrected chi connectivity index (χ0v) is 21.2. The smallest absolute Gasteiger partial charge is 0.158 e. The summed E-state index contributed by atoms with van der Waals surface area (Å²) < 4.78 is 5.56. The summed E-state index contributed by atoms with van der Waals surface area (Å²) in [5, 5.41) is 0. The third-order valence-corrected chi connectivity index (χ3v) is 5.81. The molecule has 0 aliphatic heterocycles. The van der Waals surface area contributed by atoms with Crippen molar-refractivity contribution in [2.75, 3.05) is 13.2 Å². The number of carbonyl (C=O) groups is 1. The Morgan fingerprint density at radius 1 is 0.581 bits per heavy atom. The van der Waals surface area contributed by atoms with Crippen LogP contribution in [0.3, 0.4) is 0 Å². The summed E-state index contributed by atoms with van der Waals surface area (Å²) in [6, 6.07) is 0. The van der Waals surface area contributed by atoms with Gasteiger partial charge in [-0.25, -0.2) is 0 Å². The lowest BCUT2D eigenvalue weighted by Gasteiger charge is -2.04. The van der Waals surface area contributed by atoms with Gasteiger partial charge in [-0.3, -0.25) is 4.79 Å². The van der Waals surface area contributed by atoms with Gasteiger partial charge in [0.1, 0.15) is 6.61 Å². The van der Waals surface area contributed by atoms with Crippen molar-refractivity contribution >= 4 is 5.78 Å². The van der Waals surface area contributed by atoms with E-state index in [4.69, 9.17) is 4.74 Å². The summed E-state index contributed by atoms with van der Waals surface area (Å²) in [6.07, 6.45) is 33.9. The fourth-order valence-corrected chi connectivity index (χ4v) is 3.73. The van der Waals surface area contributed by atoms with Gasteiger partial charge in [0.05, 0.1) is 0 Å². The Morgan fingerprint density at radius 2 is 1.06 bits per heavy atom. The number of allylic oxidation sites excluding steroid dienone is 4. The first-order valence-electron chi connectivity index (χ1n) is 13.7. The Hall–Kier alpha value is -0.890. The largest absolute Gasteiger partial charge is 0.374 e. The van der Waals surface area contributed by atoms with Crippen LogP contribution in [0.4, 0.5) is 0 Å². The van der Waals surface area contributed by atoms with Crippen molar-refractivity contribution in [3.05, 3.63) is 24.3 Å². The van der Waals surface area contributed by atoms with Gasteiger partial charge in [-0.05, 0) is 44.9 Å². The van der Waals surface area contributed by atoms with E-state index in [-0.39, 0.29) is 5.78 Å². The molecule has 0 aliphatic carbocycles. The zero-order chi connectivity index (χ0) is 22.7. The molecule has 0 aromatic heterocycles. The third-order valence-electron chi connectivity index (χ3n) is 5.81. The van der Waals surface area contributed by atoms with Gasteiger partial charge in [-0.15, -0.1) is 0 Å². The fourth-order valence-electron chi connectivity index (χ4n) is 3.73. The van der Waals surface area contributed by atoms with Crippen LogP contribution in [0.1, 0.15) is 142 Å². The molecule has 0 amide bonds. The van der Waals surface area contributed by atoms with Crippen LogP contribution in [0.25, 0.3) is 0 Å². The molecule has 0 atom stereocenters. The molecule has 0 heterocycles. The van der Waals surface area contributed by atoms with Crippen molar-refractivity contribution in [3.63, 3.8) is 0 Å². The van der Waals surface area contributed by atoms with E-state index in [9.17, 15) is 4.79 Å². The first-order valence-corrected chi connectivity index (χ1v) is 13.7. The van der Waals surface area contributed by atoms with Gasteiger partial charge in [-0.2, -0.15) is 0 Å². The summed E-state index contributed by atoms with van der Waals surface area (Å²) in [5.41, 5.74) is 0. The summed E-state index contributed by atoms with van der Waals surface area (Å²) >= 11 is 0. The molecule has 0 N–H and O–H groups in total. The van der Waals surface area contributed by atoms with Crippen LogP contribution in [0, 0.1) is 0 Å². The highest BCUT2D eigenvalue weighted by Gasteiger charge is 2.02. The normalized spacial score (nSPS) is 11.8. The number of rotatable bonds is 25. The standard InChI is InChI=1S/C29H54O2/c1-3-5-7-9-11-12-13-14-15-16-17-18-19-21-23-25-27-31-28-29(30)26-24-22-20-10-8-6-4-2/h11-12,14-15H,3-10,13,16-28H2,1-2H3. The number of hydrogen-bond donors (Lipinski definition) is 0. The lowest BCUT2D eigenvalue weighted by Crippen LogP contribution is -2.09. The number of ketones is 1. The number of unbranched alkanes of at least 4 members (excludes halogenated alkanes) is 15. The second-order valence-electron chi connectivity index (χ2n) is 9.05. The highest BCUT2D eigenvalue weighted by atomic mass is 16.5. The molecule has 2 nitrogen and oxygen atoms in total. The van der Waals surface area contributed by atoms with Gasteiger partial charge in [0.15, 0.2) is 5.78 Å². The molecule has 0 bridgehead atoms. The Kier molecular flexibility index (Phi) is 26.4. The van der Waals surface area contributed by atoms with Crippen molar-refractivity contribution in [1.82, 2.24) is 0 Å². The number of hydrogen-bond acceptors (Lipinski definition) is 2. The highest BCUT2D eigenvalue weighted by molar-refractivity contribution is 5.79. The van der Waals surface area contributed by atoms with Crippen LogP contribution in [0.15, 0.2) is 24.3 Å². The molecule has 0 aromatic rings. The van der Waals surface area contributed by atoms with Gasteiger partial charge in [0.25, 0.3) is 0 Å². The summed E-state index contributed by atoms with van der Waals surface area (Å²) in [5.74, 6) is 0.286. The molecule has 0 saturated heterocycles. The van der Waals surface area contributed by atoms with Crippen LogP contribution in [-0.4, -0.2) is 19.0 Å². The van der Waals surface area contributed by atoms with Crippen LogP contribution in [0.2, 0.25) is 0 Å². The predicted octanol–water partition coefficient (Wildman–Crippen LogP) is 9.53. The first kappa shape index (κ1) is 30.1. The number of ether oxygens (including phenoxy) is 1. The topological polar surface area (TPSA) is 26.3 Å². The SMILES string of the molecule is CCCCCC=CCC=CCCCCCCCCOCC(=O)CCCCCCCCC. The average molecular weight is 435 g/mol. The van der Waals surface area contributed by atoms with Crippen molar-refractivity contribution in [2.45, 2.75) is 142 Å². The molecule has 31 heavy (non-hydrogen) atoms. The van der Waals surface area contributed by atoms with Gasteiger partial charge >= 0.3 is 0 Å². The lowest BCUT2D eigenvalue weighted by atomic mass is 10.1. The van der Waals surface area contributed by atoms with Crippen LogP contribution < -0.4 is 0 Å². The van der Waals surface area contributed by atoms with Gasteiger partial charge in [0.2, 0.25) is 0 Å².